The fraction of sp³-hybridized carbons (Fsp3) is 0.318. The van der Waals surface area contributed by atoms with Crippen molar-refractivity contribution in [2.45, 2.75) is 37.6 Å². The van der Waals surface area contributed by atoms with E-state index in [2.05, 4.69) is 49.5 Å². The number of carbonyl (C=O) groups is 1. The first-order valence-electron chi connectivity index (χ1n) is 9.97. The summed E-state index contributed by atoms with van der Waals surface area (Å²) in [4.78, 5) is 40.0. The van der Waals surface area contributed by atoms with E-state index in [-0.39, 0.29) is 29.3 Å². The van der Waals surface area contributed by atoms with E-state index >= 15 is 0 Å². The molecule has 7 heteroatoms. The minimum absolute atomic E-state index is 0.0662. The summed E-state index contributed by atoms with van der Waals surface area (Å²) in [5, 5.41) is 3.09. The van der Waals surface area contributed by atoms with Crippen LogP contribution >= 0.6 is 0 Å². The summed E-state index contributed by atoms with van der Waals surface area (Å²) in [5.74, 6) is 1.21. The van der Waals surface area contributed by atoms with Crippen LogP contribution < -0.4 is 10.9 Å². The lowest BCUT2D eigenvalue weighted by molar-refractivity contribution is 0.0926. The molecule has 2 aliphatic rings. The Morgan fingerprint density at radius 2 is 1.79 bits per heavy atom. The van der Waals surface area contributed by atoms with E-state index in [4.69, 9.17) is 0 Å². The summed E-state index contributed by atoms with van der Waals surface area (Å²) >= 11 is 0. The van der Waals surface area contributed by atoms with E-state index in [9.17, 15) is 9.59 Å². The van der Waals surface area contributed by atoms with E-state index in [1.54, 1.807) is 18.5 Å². The highest BCUT2D eigenvalue weighted by atomic mass is 16.2. The summed E-state index contributed by atoms with van der Waals surface area (Å²) in [6.45, 7) is 0. The Labute approximate surface area is 167 Å². The minimum atomic E-state index is -0.413. The first kappa shape index (κ1) is 17.7. The van der Waals surface area contributed by atoms with Crippen molar-refractivity contribution in [1.82, 2.24) is 25.3 Å². The van der Waals surface area contributed by atoms with E-state index in [0.29, 0.717) is 11.8 Å². The topological polar surface area (TPSA) is 101 Å². The molecular formula is C22H21N5O2. The zero-order valence-corrected chi connectivity index (χ0v) is 15.8. The molecule has 0 unspecified atom stereocenters. The first-order valence-corrected chi connectivity index (χ1v) is 9.97. The number of aromatic nitrogens is 4. The van der Waals surface area contributed by atoms with Crippen LogP contribution in [0.5, 0.6) is 0 Å². The fourth-order valence-corrected chi connectivity index (χ4v) is 3.61. The molecule has 0 saturated heterocycles. The molecule has 7 nitrogen and oxygen atoms in total. The smallest absolute Gasteiger partial charge is 0.270 e. The van der Waals surface area contributed by atoms with Gasteiger partial charge in [0.05, 0.1) is 6.04 Å². The van der Waals surface area contributed by atoms with Crippen molar-refractivity contribution >= 4 is 5.91 Å². The van der Waals surface area contributed by atoms with Crippen LogP contribution in [0.1, 0.15) is 59.3 Å². The zero-order valence-electron chi connectivity index (χ0n) is 15.8. The van der Waals surface area contributed by atoms with Gasteiger partial charge in [-0.05, 0) is 54.7 Å². The van der Waals surface area contributed by atoms with Gasteiger partial charge in [-0.25, -0.2) is 15.0 Å². The van der Waals surface area contributed by atoms with Gasteiger partial charge in [-0.1, -0.05) is 24.3 Å². The maximum absolute atomic E-state index is 12.9. The Bertz CT molecular complexity index is 1090. The highest BCUT2D eigenvalue weighted by Gasteiger charge is 2.34. The highest BCUT2D eigenvalue weighted by molar-refractivity contribution is 5.92. The summed E-state index contributed by atoms with van der Waals surface area (Å²) in [5.41, 5.74) is 2.13. The summed E-state index contributed by atoms with van der Waals surface area (Å²) < 4.78 is 0. The molecule has 1 aromatic carbocycles. The van der Waals surface area contributed by atoms with Crippen LogP contribution in [0.3, 0.4) is 0 Å². The van der Waals surface area contributed by atoms with Crippen LogP contribution in [0.2, 0.25) is 0 Å². The first-order chi connectivity index (χ1) is 14.2. The maximum atomic E-state index is 12.9. The van der Waals surface area contributed by atoms with E-state index in [1.165, 1.54) is 24.5 Å². The van der Waals surface area contributed by atoms with Crippen molar-refractivity contribution in [3.05, 3.63) is 76.0 Å². The molecule has 146 valence electrons. The van der Waals surface area contributed by atoms with Crippen molar-refractivity contribution in [3.8, 4) is 11.6 Å². The third-order valence-corrected chi connectivity index (χ3v) is 5.48. The molecule has 0 aliphatic heterocycles. The average molecular weight is 387 g/mol. The SMILES string of the molecule is O=C(N[C@@H](c1ccc(C2CC2)cc1)C1CC1)c1cc(=O)[nH]c(-c2ncccn2)n1. The van der Waals surface area contributed by atoms with Crippen LogP contribution in [0.25, 0.3) is 11.6 Å². The molecular weight excluding hydrogens is 366 g/mol. The molecule has 0 bridgehead atoms. The maximum Gasteiger partial charge on any atom is 0.270 e. The van der Waals surface area contributed by atoms with Crippen LogP contribution in [0.15, 0.2) is 53.6 Å². The lowest BCUT2D eigenvalue weighted by Crippen LogP contribution is -2.31. The molecule has 2 aliphatic carbocycles. The Morgan fingerprint density at radius 3 is 2.45 bits per heavy atom. The summed E-state index contributed by atoms with van der Waals surface area (Å²) in [6.07, 6.45) is 7.82. The lowest BCUT2D eigenvalue weighted by Gasteiger charge is -2.19. The highest BCUT2D eigenvalue weighted by Crippen LogP contribution is 2.43. The number of carbonyl (C=O) groups excluding carboxylic acids is 1. The minimum Gasteiger partial charge on any atom is -0.344 e. The number of hydrogen-bond donors (Lipinski definition) is 2. The van der Waals surface area contributed by atoms with Crippen molar-refractivity contribution in [2.24, 2.45) is 5.92 Å². The monoisotopic (exact) mass is 387 g/mol. The molecule has 1 amide bonds. The predicted octanol–water partition coefficient (Wildman–Crippen LogP) is 2.99. The van der Waals surface area contributed by atoms with Gasteiger partial charge in [-0.3, -0.25) is 9.59 Å². The molecule has 5 rings (SSSR count). The van der Waals surface area contributed by atoms with Crippen molar-refractivity contribution in [1.29, 1.82) is 0 Å². The second-order valence-electron chi connectivity index (χ2n) is 7.78. The van der Waals surface area contributed by atoms with Gasteiger partial charge < -0.3 is 10.3 Å². The third-order valence-electron chi connectivity index (χ3n) is 5.48. The zero-order chi connectivity index (χ0) is 19.8. The largest absolute Gasteiger partial charge is 0.344 e. The van der Waals surface area contributed by atoms with Crippen molar-refractivity contribution < 1.29 is 4.79 Å². The van der Waals surface area contributed by atoms with Crippen LogP contribution in [-0.4, -0.2) is 25.8 Å². The molecule has 0 spiro atoms. The molecule has 2 fully saturated rings. The molecule has 3 aromatic rings. The number of amides is 1. The van der Waals surface area contributed by atoms with Gasteiger partial charge in [0.25, 0.3) is 11.5 Å². The van der Waals surface area contributed by atoms with Gasteiger partial charge in [0.2, 0.25) is 0 Å². The second-order valence-corrected chi connectivity index (χ2v) is 7.78. The molecule has 1 atom stereocenters. The quantitative estimate of drug-likeness (QED) is 0.677. The number of rotatable bonds is 6. The summed E-state index contributed by atoms with van der Waals surface area (Å²) in [6, 6.07) is 11.4. The van der Waals surface area contributed by atoms with E-state index < -0.39 is 5.56 Å². The van der Waals surface area contributed by atoms with Gasteiger partial charge in [0, 0.05) is 18.5 Å². The van der Waals surface area contributed by atoms with Gasteiger partial charge in [-0.2, -0.15) is 0 Å². The number of nitrogens with zero attached hydrogens (tertiary/aromatic N) is 3. The van der Waals surface area contributed by atoms with Gasteiger partial charge >= 0.3 is 0 Å². The van der Waals surface area contributed by atoms with Crippen LogP contribution in [0, 0.1) is 5.92 Å². The number of hydrogen-bond acceptors (Lipinski definition) is 5. The fourth-order valence-electron chi connectivity index (χ4n) is 3.61. The molecule has 29 heavy (non-hydrogen) atoms. The number of aromatic amines is 1. The van der Waals surface area contributed by atoms with E-state index in [0.717, 1.165) is 18.4 Å². The Balaban J connectivity index is 1.39. The Kier molecular flexibility index (Phi) is 4.42. The molecule has 2 heterocycles. The Hall–Kier alpha value is -3.35. The molecule has 2 N–H and O–H groups in total. The molecule has 2 aromatic heterocycles. The van der Waals surface area contributed by atoms with Crippen molar-refractivity contribution in [3.63, 3.8) is 0 Å². The Morgan fingerprint density at radius 1 is 1.07 bits per heavy atom. The molecule has 0 radical (unpaired) electrons. The average Bonchev–Trinajstić information content (AvgIpc) is 3.65. The lowest BCUT2D eigenvalue weighted by atomic mass is 9.99. The van der Waals surface area contributed by atoms with Gasteiger partial charge in [-0.15, -0.1) is 0 Å². The summed E-state index contributed by atoms with van der Waals surface area (Å²) in [7, 11) is 0. The van der Waals surface area contributed by atoms with E-state index in [1.807, 2.05) is 0 Å². The standard InChI is InChI=1S/C22H21N5O2/c28-18-12-17(25-21(26-18)20-23-10-1-11-24-20)22(29)27-19(16-8-9-16)15-6-4-14(5-7-15)13-2-3-13/h1,4-7,10-13,16,19H,2-3,8-9H2,(H,27,29)(H,25,26,28)/t19-/m0/s1. The third kappa shape index (κ3) is 3.94. The van der Waals surface area contributed by atoms with Crippen LogP contribution in [-0.2, 0) is 0 Å². The predicted molar refractivity (Wildman–Crippen MR) is 107 cm³/mol. The van der Waals surface area contributed by atoms with Gasteiger partial charge in [0.15, 0.2) is 11.6 Å². The normalized spacial score (nSPS) is 17.0. The second kappa shape index (κ2) is 7.24. The van der Waals surface area contributed by atoms with Gasteiger partial charge in [0.1, 0.15) is 5.69 Å². The number of H-pyrrole nitrogens is 1. The number of benzene rings is 1. The number of nitrogens with one attached hydrogen (secondary N) is 2. The molecule has 2 saturated carbocycles. The van der Waals surface area contributed by atoms with Crippen molar-refractivity contribution in [2.75, 3.05) is 0 Å². The van der Waals surface area contributed by atoms with Crippen LogP contribution in [0.4, 0.5) is 0 Å².